The first-order valence-corrected chi connectivity index (χ1v) is 10.6. The van der Waals surface area contributed by atoms with Crippen molar-refractivity contribution in [2.24, 2.45) is 5.92 Å². The molecular weight excluding hydrogens is 358 g/mol. The number of sulfonamides is 1. The first kappa shape index (κ1) is 17.9. The second-order valence-corrected chi connectivity index (χ2v) is 9.26. The molecule has 4 rings (SSSR count). The van der Waals surface area contributed by atoms with Gasteiger partial charge >= 0.3 is 0 Å². The average Bonchev–Trinajstić information content (AvgIpc) is 3.14. The molecule has 1 aromatic heterocycles. The SMILES string of the molecule is CC(C)Cc1cc(CN2Cc3ccccc3S2(=O)=O)nn1-c1ccccc1. The molecule has 0 spiro atoms. The summed E-state index contributed by atoms with van der Waals surface area (Å²) in [6.45, 7) is 5.02. The molecule has 0 bridgehead atoms. The van der Waals surface area contributed by atoms with Crippen LogP contribution in [0.4, 0.5) is 0 Å². The molecule has 0 aliphatic carbocycles. The van der Waals surface area contributed by atoms with Crippen molar-refractivity contribution in [1.29, 1.82) is 0 Å². The maximum absolute atomic E-state index is 12.8. The van der Waals surface area contributed by atoms with Gasteiger partial charge in [0.05, 0.1) is 22.8 Å². The first-order valence-electron chi connectivity index (χ1n) is 9.16. The number of benzene rings is 2. The van der Waals surface area contributed by atoms with Crippen LogP contribution < -0.4 is 0 Å². The minimum absolute atomic E-state index is 0.280. The molecule has 6 heteroatoms. The van der Waals surface area contributed by atoms with Gasteiger partial charge < -0.3 is 0 Å². The van der Waals surface area contributed by atoms with Crippen LogP contribution in [-0.2, 0) is 29.5 Å². The highest BCUT2D eigenvalue weighted by Gasteiger charge is 2.34. The normalized spacial score (nSPS) is 16.0. The number of hydrogen-bond donors (Lipinski definition) is 0. The van der Waals surface area contributed by atoms with Crippen LogP contribution >= 0.6 is 0 Å². The predicted octanol–water partition coefficient (Wildman–Crippen LogP) is 3.78. The number of aromatic nitrogens is 2. The Hall–Kier alpha value is -2.44. The molecule has 1 aliphatic rings. The highest BCUT2D eigenvalue weighted by Crippen LogP contribution is 2.31. The zero-order valence-electron chi connectivity index (χ0n) is 15.5. The summed E-state index contributed by atoms with van der Waals surface area (Å²) in [7, 11) is -3.45. The molecule has 3 aromatic rings. The smallest absolute Gasteiger partial charge is 0.238 e. The van der Waals surface area contributed by atoms with Gasteiger partial charge in [-0.05, 0) is 42.2 Å². The van der Waals surface area contributed by atoms with E-state index in [0.29, 0.717) is 17.4 Å². The third kappa shape index (κ3) is 3.42. The zero-order valence-corrected chi connectivity index (χ0v) is 16.4. The maximum atomic E-state index is 12.8. The molecule has 0 unspecified atom stereocenters. The van der Waals surface area contributed by atoms with Gasteiger partial charge in [0.1, 0.15) is 0 Å². The van der Waals surface area contributed by atoms with E-state index in [2.05, 4.69) is 13.8 Å². The van der Waals surface area contributed by atoms with E-state index in [0.717, 1.165) is 29.1 Å². The van der Waals surface area contributed by atoms with Crippen molar-refractivity contribution < 1.29 is 8.42 Å². The van der Waals surface area contributed by atoms with Crippen LogP contribution in [0.3, 0.4) is 0 Å². The van der Waals surface area contributed by atoms with E-state index >= 15 is 0 Å². The lowest BCUT2D eigenvalue weighted by atomic mass is 10.1. The van der Waals surface area contributed by atoms with Gasteiger partial charge in [0.2, 0.25) is 10.0 Å². The lowest BCUT2D eigenvalue weighted by Crippen LogP contribution is -2.24. The molecule has 0 amide bonds. The summed E-state index contributed by atoms with van der Waals surface area (Å²) in [6.07, 6.45) is 0.884. The van der Waals surface area contributed by atoms with Crippen molar-refractivity contribution in [3.05, 3.63) is 77.6 Å². The maximum Gasteiger partial charge on any atom is 0.244 e. The van der Waals surface area contributed by atoms with Gasteiger partial charge in [-0.2, -0.15) is 9.40 Å². The fourth-order valence-electron chi connectivity index (χ4n) is 3.53. The lowest BCUT2D eigenvalue weighted by Gasteiger charge is -2.12. The van der Waals surface area contributed by atoms with Gasteiger partial charge in [0, 0.05) is 12.2 Å². The van der Waals surface area contributed by atoms with Crippen molar-refractivity contribution in [3.8, 4) is 5.69 Å². The first-order chi connectivity index (χ1) is 12.9. The predicted molar refractivity (Wildman–Crippen MR) is 105 cm³/mol. The second-order valence-electron chi connectivity index (χ2n) is 7.35. The fraction of sp³-hybridized carbons (Fsp3) is 0.286. The molecule has 2 heterocycles. The summed E-state index contributed by atoms with van der Waals surface area (Å²) < 4.78 is 29.1. The van der Waals surface area contributed by atoms with E-state index in [4.69, 9.17) is 5.10 Å². The summed E-state index contributed by atoms with van der Waals surface area (Å²) in [4.78, 5) is 0.412. The van der Waals surface area contributed by atoms with Crippen molar-refractivity contribution in [3.63, 3.8) is 0 Å². The largest absolute Gasteiger partial charge is 0.244 e. The summed E-state index contributed by atoms with van der Waals surface area (Å²) in [5.41, 5.74) is 3.71. The number of para-hydroxylation sites is 1. The Labute approximate surface area is 160 Å². The molecule has 27 heavy (non-hydrogen) atoms. The molecule has 0 saturated carbocycles. The third-order valence-electron chi connectivity index (χ3n) is 4.73. The van der Waals surface area contributed by atoms with E-state index < -0.39 is 10.0 Å². The van der Waals surface area contributed by atoms with Gasteiger partial charge in [0.15, 0.2) is 0 Å². The lowest BCUT2D eigenvalue weighted by molar-refractivity contribution is 0.414. The molecular formula is C21H23N3O2S. The molecule has 0 fully saturated rings. The van der Waals surface area contributed by atoms with Crippen LogP contribution in [0.15, 0.2) is 65.6 Å². The third-order valence-corrected chi connectivity index (χ3v) is 6.62. The molecule has 0 atom stereocenters. The Bertz CT molecular complexity index is 1060. The van der Waals surface area contributed by atoms with Crippen molar-refractivity contribution in [1.82, 2.24) is 14.1 Å². The standard InChI is InChI=1S/C21H23N3O2S/c1-16(2)12-20-13-18(22-24(20)19-9-4-3-5-10-19)15-23-14-17-8-6-7-11-21(17)27(23,25)26/h3-11,13,16H,12,14-15H2,1-2H3. The van der Waals surface area contributed by atoms with Crippen LogP contribution in [0, 0.1) is 5.92 Å². The highest BCUT2D eigenvalue weighted by atomic mass is 32.2. The van der Waals surface area contributed by atoms with E-state index in [1.165, 1.54) is 4.31 Å². The van der Waals surface area contributed by atoms with Gasteiger partial charge in [-0.15, -0.1) is 0 Å². The van der Waals surface area contributed by atoms with Crippen molar-refractivity contribution >= 4 is 10.0 Å². The highest BCUT2D eigenvalue weighted by molar-refractivity contribution is 7.89. The number of rotatable bonds is 5. The average molecular weight is 382 g/mol. The van der Waals surface area contributed by atoms with E-state index in [9.17, 15) is 8.42 Å². The van der Waals surface area contributed by atoms with Crippen LogP contribution in [0.25, 0.3) is 5.69 Å². The molecule has 1 aliphatic heterocycles. The molecule has 2 aromatic carbocycles. The quantitative estimate of drug-likeness (QED) is 0.676. The molecule has 5 nitrogen and oxygen atoms in total. The summed E-state index contributed by atoms with van der Waals surface area (Å²) >= 11 is 0. The molecule has 0 saturated heterocycles. The van der Waals surface area contributed by atoms with Gasteiger partial charge in [-0.25, -0.2) is 13.1 Å². The fourth-order valence-corrected chi connectivity index (χ4v) is 5.13. The summed E-state index contributed by atoms with van der Waals surface area (Å²) in [5, 5.41) is 4.74. The number of nitrogens with zero attached hydrogens (tertiary/aromatic N) is 3. The monoisotopic (exact) mass is 381 g/mol. The van der Waals surface area contributed by atoms with Crippen LogP contribution in [0.5, 0.6) is 0 Å². The van der Waals surface area contributed by atoms with E-state index in [1.54, 1.807) is 12.1 Å². The van der Waals surface area contributed by atoms with Crippen LogP contribution in [-0.4, -0.2) is 22.5 Å². The number of hydrogen-bond acceptors (Lipinski definition) is 3. The van der Waals surface area contributed by atoms with Crippen molar-refractivity contribution in [2.45, 2.75) is 38.3 Å². The van der Waals surface area contributed by atoms with Gasteiger partial charge in [0.25, 0.3) is 0 Å². The summed E-state index contributed by atoms with van der Waals surface area (Å²) in [5.74, 6) is 0.483. The molecule has 140 valence electrons. The van der Waals surface area contributed by atoms with E-state index in [-0.39, 0.29) is 6.54 Å². The summed E-state index contributed by atoms with van der Waals surface area (Å²) in [6, 6.07) is 19.2. The Morgan fingerprint density at radius 2 is 1.74 bits per heavy atom. The Kier molecular flexibility index (Phi) is 4.61. The Morgan fingerprint density at radius 3 is 2.44 bits per heavy atom. The number of fused-ring (bicyclic) bond motifs is 1. The van der Waals surface area contributed by atoms with Gasteiger partial charge in [-0.3, -0.25) is 0 Å². The van der Waals surface area contributed by atoms with Crippen LogP contribution in [0.1, 0.15) is 30.8 Å². The Balaban J connectivity index is 1.67. The topological polar surface area (TPSA) is 55.2 Å². The Morgan fingerprint density at radius 1 is 1.04 bits per heavy atom. The minimum atomic E-state index is -3.45. The van der Waals surface area contributed by atoms with E-state index in [1.807, 2.05) is 53.2 Å². The minimum Gasteiger partial charge on any atom is -0.238 e. The van der Waals surface area contributed by atoms with Gasteiger partial charge in [-0.1, -0.05) is 50.2 Å². The molecule has 0 N–H and O–H groups in total. The van der Waals surface area contributed by atoms with Crippen LogP contribution in [0.2, 0.25) is 0 Å². The zero-order chi connectivity index (χ0) is 19.0. The van der Waals surface area contributed by atoms with Crippen molar-refractivity contribution in [2.75, 3.05) is 0 Å². The molecule has 0 radical (unpaired) electrons. The second kappa shape index (κ2) is 6.94.